The zero-order chi connectivity index (χ0) is 12.8. The first-order chi connectivity index (χ1) is 8.83. The molecule has 0 heterocycles. The van der Waals surface area contributed by atoms with Gasteiger partial charge in [-0.3, -0.25) is 0 Å². The molecule has 18 heavy (non-hydrogen) atoms. The summed E-state index contributed by atoms with van der Waals surface area (Å²) in [5.74, 6) is 0.944. The Labute approximate surface area is 109 Å². The molecule has 0 spiro atoms. The Morgan fingerprint density at radius 2 is 2.11 bits per heavy atom. The van der Waals surface area contributed by atoms with Crippen molar-refractivity contribution in [2.75, 3.05) is 19.0 Å². The Kier molecular flexibility index (Phi) is 4.88. The van der Waals surface area contributed by atoms with Crippen molar-refractivity contribution in [1.29, 1.82) is 0 Å². The maximum atomic E-state index is 5.64. The van der Waals surface area contributed by atoms with Crippen molar-refractivity contribution < 1.29 is 9.47 Å². The Morgan fingerprint density at radius 3 is 2.89 bits per heavy atom. The van der Waals surface area contributed by atoms with Crippen molar-refractivity contribution in [1.82, 2.24) is 0 Å². The SMILES string of the molecule is CCOc1ccccc1NC1CCCC(OC)C1. The minimum atomic E-state index is 0.399. The number of nitrogens with one attached hydrogen (secondary N) is 1. The molecule has 2 atom stereocenters. The van der Waals surface area contributed by atoms with E-state index in [1.165, 1.54) is 19.3 Å². The Bertz CT molecular complexity index is 367. The molecule has 1 N–H and O–H groups in total. The number of rotatable bonds is 5. The average Bonchev–Trinajstić information content (AvgIpc) is 2.41. The van der Waals surface area contributed by atoms with Gasteiger partial charge in [0.05, 0.1) is 18.4 Å². The number of hydrogen-bond donors (Lipinski definition) is 1. The molecular formula is C15H23NO2. The second-order valence-corrected chi connectivity index (χ2v) is 4.79. The van der Waals surface area contributed by atoms with Crippen molar-refractivity contribution in [3.05, 3.63) is 24.3 Å². The maximum Gasteiger partial charge on any atom is 0.142 e. The highest BCUT2D eigenvalue weighted by Gasteiger charge is 2.22. The molecule has 1 saturated carbocycles. The molecule has 1 fully saturated rings. The van der Waals surface area contributed by atoms with Crippen LogP contribution in [0.4, 0.5) is 5.69 Å². The van der Waals surface area contributed by atoms with Gasteiger partial charge in [0.2, 0.25) is 0 Å². The number of ether oxygens (including phenoxy) is 2. The molecule has 1 aliphatic rings. The summed E-state index contributed by atoms with van der Waals surface area (Å²) in [4.78, 5) is 0. The lowest BCUT2D eigenvalue weighted by atomic mass is 9.92. The van der Waals surface area contributed by atoms with Crippen LogP contribution in [-0.2, 0) is 4.74 Å². The second kappa shape index (κ2) is 6.64. The van der Waals surface area contributed by atoms with Gasteiger partial charge in [0.1, 0.15) is 5.75 Å². The van der Waals surface area contributed by atoms with Gasteiger partial charge < -0.3 is 14.8 Å². The number of anilines is 1. The van der Waals surface area contributed by atoms with Gasteiger partial charge in [-0.05, 0) is 44.7 Å². The molecule has 1 aromatic rings. The number of methoxy groups -OCH3 is 1. The molecule has 0 radical (unpaired) electrons. The summed E-state index contributed by atoms with van der Waals surface area (Å²) in [6.45, 7) is 2.71. The summed E-state index contributed by atoms with van der Waals surface area (Å²) < 4.78 is 11.1. The average molecular weight is 249 g/mol. The van der Waals surface area contributed by atoms with E-state index in [2.05, 4.69) is 11.4 Å². The molecule has 1 aromatic carbocycles. The zero-order valence-electron chi connectivity index (χ0n) is 11.3. The van der Waals surface area contributed by atoms with E-state index < -0.39 is 0 Å². The third kappa shape index (κ3) is 3.39. The first-order valence-corrected chi connectivity index (χ1v) is 6.84. The fourth-order valence-corrected chi connectivity index (χ4v) is 2.58. The fraction of sp³-hybridized carbons (Fsp3) is 0.600. The van der Waals surface area contributed by atoms with Gasteiger partial charge in [-0.15, -0.1) is 0 Å². The van der Waals surface area contributed by atoms with Crippen LogP contribution in [0.25, 0.3) is 0 Å². The lowest BCUT2D eigenvalue weighted by Crippen LogP contribution is -2.31. The third-order valence-electron chi connectivity index (χ3n) is 3.51. The highest BCUT2D eigenvalue weighted by atomic mass is 16.5. The van der Waals surface area contributed by atoms with Crippen LogP contribution in [-0.4, -0.2) is 25.9 Å². The van der Waals surface area contributed by atoms with E-state index in [-0.39, 0.29) is 0 Å². The second-order valence-electron chi connectivity index (χ2n) is 4.79. The molecule has 2 unspecified atom stereocenters. The topological polar surface area (TPSA) is 30.5 Å². The smallest absolute Gasteiger partial charge is 0.142 e. The van der Waals surface area contributed by atoms with Crippen molar-refractivity contribution >= 4 is 5.69 Å². The predicted molar refractivity (Wildman–Crippen MR) is 74.3 cm³/mol. The number of benzene rings is 1. The van der Waals surface area contributed by atoms with Crippen molar-refractivity contribution in [3.63, 3.8) is 0 Å². The third-order valence-corrected chi connectivity index (χ3v) is 3.51. The van der Waals surface area contributed by atoms with Gasteiger partial charge in [0.25, 0.3) is 0 Å². The molecule has 0 saturated heterocycles. The molecule has 0 bridgehead atoms. The van der Waals surface area contributed by atoms with Gasteiger partial charge >= 0.3 is 0 Å². The highest BCUT2D eigenvalue weighted by Crippen LogP contribution is 2.29. The minimum Gasteiger partial charge on any atom is -0.492 e. The van der Waals surface area contributed by atoms with E-state index in [9.17, 15) is 0 Å². The van der Waals surface area contributed by atoms with Crippen LogP contribution in [0.1, 0.15) is 32.6 Å². The van der Waals surface area contributed by atoms with Crippen molar-refractivity contribution in [2.45, 2.75) is 44.8 Å². The molecule has 1 aliphatic carbocycles. The summed E-state index contributed by atoms with van der Waals surface area (Å²) in [6, 6.07) is 8.64. The summed E-state index contributed by atoms with van der Waals surface area (Å²) in [6.07, 6.45) is 5.10. The molecule has 0 aromatic heterocycles. The lowest BCUT2D eigenvalue weighted by molar-refractivity contribution is 0.0669. The van der Waals surface area contributed by atoms with Gasteiger partial charge in [-0.1, -0.05) is 12.1 Å². The standard InChI is InChI=1S/C15H23NO2/c1-3-18-15-10-5-4-9-14(15)16-12-7-6-8-13(11-12)17-2/h4-5,9-10,12-13,16H,3,6-8,11H2,1-2H3. The van der Waals surface area contributed by atoms with Gasteiger partial charge in [0.15, 0.2) is 0 Å². The predicted octanol–water partition coefficient (Wildman–Crippen LogP) is 3.45. The first-order valence-electron chi connectivity index (χ1n) is 6.84. The summed E-state index contributed by atoms with van der Waals surface area (Å²) in [5.41, 5.74) is 1.10. The van der Waals surface area contributed by atoms with E-state index >= 15 is 0 Å². The van der Waals surface area contributed by atoms with Gasteiger partial charge in [-0.2, -0.15) is 0 Å². The lowest BCUT2D eigenvalue weighted by Gasteiger charge is -2.30. The minimum absolute atomic E-state index is 0.399. The Balaban J connectivity index is 1.99. The molecule has 0 amide bonds. The monoisotopic (exact) mass is 249 g/mol. The number of hydrogen-bond acceptors (Lipinski definition) is 3. The van der Waals surface area contributed by atoms with E-state index in [4.69, 9.17) is 9.47 Å². The summed E-state index contributed by atoms with van der Waals surface area (Å²) in [7, 11) is 1.81. The van der Waals surface area contributed by atoms with Crippen molar-refractivity contribution in [2.24, 2.45) is 0 Å². The van der Waals surface area contributed by atoms with Gasteiger partial charge in [-0.25, -0.2) is 0 Å². The Morgan fingerprint density at radius 1 is 1.28 bits per heavy atom. The molecule has 0 aliphatic heterocycles. The van der Waals surface area contributed by atoms with Crippen molar-refractivity contribution in [3.8, 4) is 5.75 Å². The summed E-state index contributed by atoms with van der Waals surface area (Å²) in [5, 5.41) is 3.59. The van der Waals surface area contributed by atoms with Crippen LogP contribution in [0.2, 0.25) is 0 Å². The van der Waals surface area contributed by atoms with E-state index in [0.717, 1.165) is 17.9 Å². The van der Waals surface area contributed by atoms with E-state index in [1.54, 1.807) is 7.11 Å². The normalized spacial score (nSPS) is 23.7. The van der Waals surface area contributed by atoms with Crippen LogP contribution in [0.3, 0.4) is 0 Å². The molecule has 2 rings (SSSR count). The molecule has 100 valence electrons. The van der Waals surface area contributed by atoms with Crippen LogP contribution < -0.4 is 10.1 Å². The molecular weight excluding hydrogens is 226 g/mol. The highest BCUT2D eigenvalue weighted by molar-refractivity contribution is 5.56. The Hall–Kier alpha value is -1.22. The van der Waals surface area contributed by atoms with Crippen LogP contribution in [0.5, 0.6) is 5.75 Å². The summed E-state index contributed by atoms with van der Waals surface area (Å²) >= 11 is 0. The fourth-order valence-electron chi connectivity index (χ4n) is 2.58. The van der Waals surface area contributed by atoms with Crippen LogP contribution >= 0.6 is 0 Å². The van der Waals surface area contributed by atoms with Crippen LogP contribution in [0.15, 0.2) is 24.3 Å². The zero-order valence-corrected chi connectivity index (χ0v) is 11.3. The number of para-hydroxylation sites is 2. The van der Waals surface area contributed by atoms with E-state index in [1.807, 2.05) is 25.1 Å². The van der Waals surface area contributed by atoms with Crippen LogP contribution in [0, 0.1) is 0 Å². The van der Waals surface area contributed by atoms with E-state index in [0.29, 0.717) is 18.8 Å². The molecule has 3 heteroatoms. The van der Waals surface area contributed by atoms with Gasteiger partial charge in [0, 0.05) is 13.2 Å². The first kappa shape index (κ1) is 13.2. The largest absolute Gasteiger partial charge is 0.492 e. The quantitative estimate of drug-likeness (QED) is 0.867. The molecule has 3 nitrogen and oxygen atoms in total. The maximum absolute atomic E-state index is 5.64.